The first-order valence-electron chi connectivity index (χ1n) is 6.58. The van der Waals surface area contributed by atoms with E-state index in [1.165, 1.54) is 0 Å². The van der Waals surface area contributed by atoms with E-state index in [0.717, 1.165) is 12.1 Å². The molecule has 0 aliphatic carbocycles. The molecule has 0 heterocycles. The Bertz CT molecular complexity index is 545. The molecule has 20 heavy (non-hydrogen) atoms. The van der Waals surface area contributed by atoms with Gasteiger partial charge in [0.2, 0.25) is 0 Å². The Kier molecular flexibility index (Phi) is 5.72. The van der Waals surface area contributed by atoms with Gasteiger partial charge in [0.05, 0.1) is 5.02 Å². The highest BCUT2D eigenvalue weighted by atomic mass is 35.5. The fraction of sp³-hybridized carbons (Fsp3) is 0.250. The third-order valence-corrected chi connectivity index (χ3v) is 3.46. The molecule has 2 rings (SSSR count). The van der Waals surface area contributed by atoms with Gasteiger partial charge in [-0.1, -0.05) is 60.5 Å². The van der Waals surface area contributed by atoms with Gasteiger partial charge in [-0.15, -0.1) is 0 Å². The van der Waals surface area contributed by atoms with Crippen LogP contribution >= 0.6 is 23.2 Å². The predicted octanol–water partition coefficient (Wildman–Crippen LogP) is 4.72. The molecule has 0 saturated carbocycles. The lowest BCUT2D eigenvalue weighted by Crippen LogP contribution is -2.25. The van der Waals surface area contributed by atoms with Crippen molar-refractivity contribution in [1.29, 1.82) is 0 Å². The summed E-state index contributed by atoms with van der Waals surface area (Å²) in [6, 6.07) is 15.3. The van der Waals surface area contributed by atoms with Crippen LogP contribution in [0.4, 0.5) is 0 Å². The minimum atomic E-state index is -0.105. The van der Waals surface area contributed by atoms with Crippen LogP contribution in [0.15, 0.2) is 48.5 Å². The summed E-state index contributed by atoms with van der Waals surface area (Å²) in [7, 11) is 0. The number of nitrogens with one attached hydrogen (secondary N) is 1. The number of hydrogen-bond acceptors (Lipinski definition) is 2. The second kappa shape index (κ2) is 7.53. The molecular weight excluding hydrogens is 293 g/mol. The average molecular weight is 310 g/mol. The van der Waals surface area contributed by atoms with E-state index in [1.54, 1.807) is 18.2 Å². The maximum absolute atomic E-state index is 6.16. The topological polar surface area (TPSA) is 21.3 Å². The lowest BCUT2D eigenvalue weighted by molar-refractivity contribution is 0.203. The number of ether oxygens (including phenoxy) is 1. The molecule has 4 heteroatoms. The van der Waals surface area contributed by atoms with Crippen LogP contribution in [0.2, 0.25) is 10.0 Å². The van der Waals surface area contributed by atoms with E-state index in [9.17, 15) is 0 Å². The number of rotatable bonds is 6. The molecule has 2 nitrogen and oxygen atoms in total. The Morgan fingerprint density at radius 3 is 2.55 bits per heavy atom. The highest BCUT2D eigenvalue weighted by Crippen LogP contribution is 2.31. The summed E-state index contributed by atoms with van der Waals surface area (Å²) in [6.45, 7) is 3.66. The van der Waals surface area contributed by atoms with E-state index >= 15 is 0 Å². The van der Waals surface area contributed by atoms with Crippen LogP contribution in [0.3, 0.4) is 0 Å². The van der Waals surface area contributed by atoms with Gasteiger partial charge >= 0.3 is 0 Å². The van der Waals surface area contributed by atoms with Gasteiger partial charge in [0.15, 0.2) is 0 Å². The van der Waals surface area contributed by atoms with Crippen LogP contribution < -0.4 is 10.1 Å². The molecule has 1 atom stereocenters. The van der Waals surface area contributed by atoms with Gasteiger partial charge in [0, 0.05) is 17.6 Å². The molecule has 0 aromatic heterocycles. The molecule has 0 saturated heterocycles. The molecule has 1 N–H and O–H groups in total. The van der Waals surface area contributed by atoms with Crippen molar-refractivity contribution in [3.05, 3.63) is 64.1 Å². The fourth-order valence-corrected chi connectivity index (χ4v) is 2.22. The Morgan fingerprint density at radius 1 is 1.10 bits per heavy atom. The van der Waals surface area contributed by atoms with E-state index in [-0.39, 0.29) is 6.10 Å². The molecule has 1 unspecified atom stereocenters. The van der Waals surface area contributed by atoms with Crippen molar-refractivity contribution < 1.29 is 4.74 Å². The van der Waals surface area contributed by atoms with Crippen LogP contribution in [0.1, 0.15) is 18.6 Å². The summed E-state index contributed by atoms with van der Waals surface area (Å²) in [5, 5.41) is 4.47. The molecule has 0 aliphatic rings. The number of hydrogen-bond donors (Lipinski definition) is 1. The number of halogens is 2. The van der Waals surface area contributed by atoms with E-state index < -0.39 is 0 Å². The van der Waals surface area contributed by atoms with Crippen molar-refractivity contribution in [3.63, 3.8) is 0 Å². The van der Waals surface area contributed by atoms with Crippen molar-refractivity contribution in [2.45, 2.75) is 13.0 Å². The first kappa shape index (κ1) is 15.2. The molecule has 0 aliphatic heterocycles. The molecule has 2 aromatic carbocycles. The summed E-state index contributed by atoms with van der Waals surface area (Å²) in [6.07, 6.45) is -0.105. The summed E-state index contributed by atoms with van der Waals surface area (Å²) >= 11 is 12.2. The van der Waals surface area contributed by atoms with E-state index in [2.05, 4.69) is 12.2 Å². The zero-order chi connectivity index (χ0) is 14.4. The summed E-state index contributed by atoms with van der Waals surface area (Å²) in [4.78, 5) is 0. The molecule has 0 fully saturated rings. The molecule has 0 radical (unpaired) electrons. The minimum absolute atomic E-state index is 0.105. The van der Waals surface area contributed by atoms with Crippen LogP contribution in [0.25, 0.3) is 0 Å². The number of benzene rings is 2. The zero-order valence-electron chi connectivity index (χ0n) is 11.3. The largest absolute Gasteiger partial charge is 0.483 e. The molecule has 2 aromatic rings. The van der Waals surface area contributed by atoms with Crippen LogP contribution in [-0.4, -0.2) is 13.1 Å². The standard InChI is InChI=1S/C16H17Cl2NO/c1-2-19-11-16(12-6-4-3-5-7-12)20-15-10-13(17)8-9-14(15)18/h3-10,16,19H,2,11H2,1H3. The average Bonchev–Trinajstić information content (AvgIpc) is 2.48. The Labute approximate surface area is 129 Å². The van der Waals surface area contributed by atoms with Gasteiger partial charge in [0.1, 0.15) is 11.9 Å². The van der Waals surface area contributed by atoms with Crippen molar-refractivity contribution in [2.24, 2.45) is 0 Å². The van der Waals surface area contributed by atoms with Crippen LogP contribution in [0.5, 0.6) is 5.75 Å². The van der Waals surface area contributed by atoms with Crippen molar-refractivity contribution >= 4 is 23.2 Å². The van der Waals surface area contributed by atoms with Crippen molar-refractivity contribution in [1.82, 2.24) is 5.32 Å². The van der Waals surface area contributed by atoms with Gasteiger partial charge < -0.3 is 10.1 Å². The maximum atomic E-state index is 6.16. The lowest BCUT2D eigenvalue weighted by atomic mass is 10.1. The molecule has 106 valence electrons. The summed E-state index contributed by atoms with van der Waals surface area (Å²) < 4.78 is 6.04. The van der Waals surface area contributed by atoms with E-state index in [0.29, 0.717) is 22.3 Å². The van der Waals surface area contributed by atoms with Crippen molar-refractivity contribution in [2.75, 3.05) is 13.1 Å². The third kappa shape index (κ3) is 4.14. The summed E-state index contributed by atoms with van der Waals surface area (Å²) in [5.74, 6) is 0.603. The first-order valence-corrected chi connectivity index (χ1v) is 7.33. The number of likely N-dealkylation sites (N-methyl/N-ethyl adjacent to an activating group) is 1. The quantitative estimate of drug-likeness (QED) is 0.833. The van der Waals surface area contributed by atoms with E-state index in [1.807, 2.05) is 30.3 Å². The third-order valence-electron chi connectivity index (χ3n) is 2.91. The van der Waals surface area contributed by atoms with Gasteiger partial charge in [-0.05, 0) is 24.2 Å². The fourth-order valence-electron chi connectivity index (χ4n) is 1.89. The van der Waals surface area contributed by atoms with Crippen LogP contribution in [-0.2, 0) is 0 Å². The second-order valence-corrected chi connectivity index (χ2v) is 5.24. The zero-order valence-corrected chi connectivity index (χ0v) is 12.8. The lowest BCUT2D eigenvalue weighted by Gasteiger charge is -2.20. The predicted molar refractivity (Wildman–Crippen MR) is 84.8 cm³/mol. The van der Waals surface area contributed by atoms with Crippen LogP contribution in [0, 0.1) is 0 Å². The van der Waals surface area contributed by atoms with Gasteiger partial charge in [-0.25, -0.2) is 0 Å². The second-order valence-electron chi connectivity index (χ2n) is 4.40. The minimum Gasteiger partial charge on any atom is -0.483 e. The molecule has 0 amide bonds. The van der Waals surface area contributed by atoms with Gasteiger partial charge in [-0.2, -0.15) is 0 Å². The monoisotopic (exact) mass is 309 g/mol. The molecular formula is C16H17Cl2NO. The van der Waals surface area contributed by atoms with Gasteiger partial charge in [0.25, 0.3) is 0 Å². The van der Waals surface area contributed by atoms with E-state index in [4.69, 9.17) is 27.9 Å². The Balaban J connectivity index is 2.21. The SMILES string of the molecule is CCNCC(Oc1cc(Cl)ccc1Cl)c1ccccc1. The summed E-state index contributed by atoms with van der Waals surface area (Å²) in [5.41, 5.74) is 1.10. The normalized spacial score (nSPS) is 12.2. The molecule has 0 spiro atoms. The highest BCUT2D eigenvalue weighted by molar-refractivity contribution is 6.34. The molecule has 0 bridgehead atoms. The first-order chi connectivity index (χ1) is 9.70. The smallest absolute Gasteiger partial charge is 0.140 e. The Hall–Kier alpha value is -1.22. The maximum Gasteiger partial charge on any atom is 0.140 e. The van der Waals surface area contributed by atoms with Gasteiger partial charge in [-0.3, -0.25) is 0 Å². The Morgan fingerprint density at radius 2 is 1.85 bits per heavy atom. The van der Waals surface area contributed by atoms with Crippen molar-refractivity contribution in [3.8, 4) is 5.75 Å². The highest BCUT2D eigenvalue weighted by Gasteiger charge is 2.14.